The molecule has 2 amide bonds. The largest absolute Gasteiger partial charge is 0.349 e. The van der Waals surface area contributed by atoms with Gasteiger partial charge in [-0.3, -0.25) is 9.59 Å². The number of nitrogens with zero attached hydrogens (tertiary/aromatic N) is 3. The zero-order valence-electron chi connectivity index (χ0n) is 16.6. The minimum atomic E-state index is -0.308. The summed E-state index contributed by atoms with van der Waals surface area (Å²) in [5.74, 6) is 0.832. The fourth-order valence-electron chi connectivity index (χ4n) is 3.18. The van der Waals surface area contributed by atoms with Crippen molar-refractivity contribution in [3.05, 3.63) is 70.8 Å². The Bertz CT molecular complexity index is 1070. The number of nitrogens with one attached hydrogen (secondary N) is 2. The lowest BCUT2D eigenvalue weighted by atomic mass is 10.1. The number of carbonyl (C=O) groups excluding carboxylic acids is 2. The van der Waals surface area contributed by atoms with Crippen LogP contribution >= 0.6 is 11.6 Å². The van der Waals surface area contributed by atoms with Crippen molar-refractivity contribution in [2.75, 3.05) is 11.9 Å². The third kappa shape index (κ3) is 4.68. The van der Waals surface area contributed by atoms with Gasteiger partial charge in [-0.1, -0.05) is 35.9 Å². The summed E-state index contributed by atoms with van der Waals surface area (Å²) < 4.78 is 1.69. The molecule has 0 aliphatic heterocycles. The number of rotatable bonds is 7. The Hall–Kier alpha value is -3.19. The Morgan fingerprint density at radius 2 is 1.87 bits per heavy atom. The zero-order valence-corrected chi connectivity index (χ0v) is 17.3. The van der Waals surface area contributed by atoms with Crippen molar-refractivity contribution < 1.29 is 9.59 Å². The first-order valence-electron chi connectivity index (χ1n) is 9.88. The van der Waals surface area contributed by atoms with E-state index in [4.69, 9.17) is 11.6 Å². The normalized spacial score (nSPS) is 13.1. The van der Waals surface area contributed by atoms with E-state index in [-0.39, 0.29) is 17.6 Å². The first kappa shape index (κ1) is 20.1. The van der Waals surface area contributed by atoms with Crippen molar-refractivity contribution in [1.29, 1.82) is 0 Å². The number of halogens is 1. The number of hydrogen-bond donors (Lipinski definition) is 2. The van der Waals surface area contributed by atoms with Gasteiger partial charge in [0.2, 0.25) is 11.7 Å². The highest BCUT2D eigenvalue weighted by atomic mass is 35.5. The standard InChI is InChI=1S/C22H22ClN5O2/c1-14(29)25-17-10-6-15(7-11-17)12-13-24-22(30)20-26-21(16-8-9-16)28(27-20)19-5-3-2-4-18(19)23/h2-7,10-11,16H,8-9,12-13H2,1H3,(H,24,30)(H,25,29). The number of aromatic nitrogens is 3. The van der Waals surface area contributed by atoms with E-state index in [9.17, 15) is 9.59 Å². The molecular formula is C22H22ClN5O2. The summed E-state index contributed by atoms with van der Waals surface area (Å²) in [7, 11) is 0. The third-order valence-electron chi connectivity index (χ3n) is 4.83. The predicted molar refractivity (Wildman–Crippen MR) is 115 cm³/mol. The second kappa shape index (κ2) is 8.67. The van der Waals surface area contributed by atoms with Gasteiger partial charge in [0.25, 0.3) is 5.91 Å². The number of para-hydroxylation sites is 1. The summed E-state index contributed by atoms with van der Waals surface area (Å²) in [6.07, 6.45) is 2.74. The van der Waals surface area contributed by atoms with Crippen molar-refractivity contribution in [1.82, 2.24) is 20.1 Å². The minimum Gasteiger partial charge on any atom is -0.349 e. The average molecular weight is 424 g/mol. The number of anilines is 1. The lowest BCUT2D eigenvalue weighted by Gasteiger charge is -2.06. The molecule has 1 fully saturated rings. The number of benzene rings is 2. The molecule has 1 aromatic heterocycles. The lowest BCUT2D eigenvalue weighted by molar-refractivity contribution is -0.114. The van der Waals surface area contributed by atoms with Gasteiger partial charge in [0.1, 0.15) is 5.82 Å². The van der Waals surface area contributed by atoms with Gasteiger partial charge in [0.05, 0.1) is 10.7 Å². The molecule has 0 unspecified atom stereocenters. The fraction of sp³-hybridized carbons (Fsp3) is 0.273. The van der Waals surface area contributed by atoms with Crippen molar-refractivity contribution in [2.24, 2.45) is 0 Å². The van der Waals surface area contributed by atoms with Gasteiger partial charge in [-0.15, -0.1) is 5.10 Å². The van der Waals surface area contributed by atoms with Crippen LogP contribution in [0.15, 0.2) is 48.5 Å². The summed E-state index contributed by atoms with van der Waals surface area (Å²) in [4.78, 5) is 28.2. The van der Waals surface area contributed by atoms with E-state index < -0.39 is 0 Å². The molecule has 1 aliphatic carbocycles. The Morgan fingerprint density at radius 3 is 2.53 bits per heavy atom. The van der Waals surface area contributed by atoms with Crippen LogP contribution in [0.4, 0.5) is 5.69 Å². The van der Waals surface area contributed by atoms with Crippen LogP contribution in [0.3, 0.4) is 0 Å². The topological polar surface area (TPSA) is 88.9 Å². The number of carbonyl (C=O) groups is 2. The summed E-state index contributed by atoms with van der Waals surface area (Å²) in [6, 6.07) is 14.9. The molecule has 30 heavy (non-hydrogen) atoms. The molecule has 3 aromatic rings. The van der Waals surface area contributed by atoms with Crippen LogP contribution in [-0.2, 0) is 11.2 Å². The molecule has 4 rings (SSSR count). The van der Waals surface area contributed by atoms with Crippen LogP contribution in [0.2, 0.25) is 5.02 Å². The van der Waals surface area contributed by atoms with E-state index in [0.717, 1.165) is 35.6 Å². The Morgan fingerprint density at radius 1 is 1.13 bits per heavy atom. The summed E-state index contributed by atoms with van der Waals surface area (Å²) in [5, 5.41) is 10.6. The van der Waals surface area contributed by atoms with Gasteiger partial charge < -0.3 is 10.6 Å². The van der Waals surface area contributed by atoms with E-state index in [0.29, 0.717) is 23.9 Å². The highest BCUT2D eigenvalue weighted by molar-refractivity contribution is 6.32. The fourth-order valence-corrected chi connectivity index (χ4v) is 3.40. The van der Waals surface area contributed by atoms with E-state index in [1.54, 1.807) is 10.7 Å². The van der Waals surface area contributed by atoms with Crippen molar-refractivity contribution in [3.63, 3.8) is 0 Å². The molecule has 0 bridgehead atoms. The smallest absolute Gasteiger partial charge is 0.290 e. The quantitative estimate of drug-likeness (QED) is 0.606. The number of hydrogen-bond acceptors (Lipinski definition) is 4. The first-order valence-corrected chi connectivity index (χ1v) is 10.3. The van der Waals surface area contributed by atoms with Gasteiger partial charge in [-0.05, 0) is 49.1 Å². The monoisotopic (exact) mass is 423 g/mol. The SMILES string of the molecule is CC(=O)Nc1ccc(CCNC(=O)c2nc(C3CC3)n(-c3ccccc3Cl)n2)cc1. The maximum atomic E-state index is 12.6. The van der Waals surface area contributed by atoms with Crippen LogP contribution in [0.1, 0.15) is 47.7 Å². The summed E-state index contributed by atoms with van der Waals surface area (Å²) in [6.45, 7) is 1.93. The second-order valence-electron chi connectivity index (χ2n) is 7.32. The van der Waals surface area contributed by atoms with Crippen LogP contribution in [-0.4, -0.2) is 33.1 Å². The lowest BCUT2D eigenvalue weighted by Crippen LogP contribution is -2.27. The Labute approximate surface area is 179 Å². The first-order chi connectivity index (χ1) is 14.5. The molecule has 0 spiro atoms. The molecule has 0 radical (unpaired) electrons. The van der Waals surface area contributed by atoms with Crippen LogP contribution in [0, 0.1) is 0 Å². The van der Waals surface area contributed by atoms with Crippen molar-refractivity contribution in [2.45, 2.75) is 32.1 Å². The molecule has 7 nitrogen and oxygen atoms in total. The molecule has 0 saturated heterocycles. The van der Waals surface area contributed by atoms with Gasteiger partial charge in [-0.2, -0.15) is 0 Å². The number of amides is 2. The van der Waals surface area contributed by atoms with Crippen molar-refractivity contribution in [3.8, 4) is 5.69 Å². The third-order valence-corrected chi connectivity index (χ3v) is 5.15. The molecule has 8 heteroatoms. The maximum Gasteiger partial charge on any atom is 0.290 e. The molecule has 154 valence electrons. The summed E-state index contributed by atoms with van der Waals surface area (Å²) in [5.41, 5.74) is 2.53. The molecular weight excluding hydrogens is 402 g/mol. The molecule has 1 heterocycles. The maximum absolute atomic E-state index is 12.6. The van der Waals surface area contributed by atoms with Gasteiger partial charge in [0.15, 0.2) is 0 Å². The Balaban J connectivity index is 1.41. The van der Waals surface area contributed by atoms with Crippen LogP contribution in [0.5, 0.6) is 0 Å². The predicted octanol–water partition coefficient (Wildman–Crippen LogP) is 3.73. The molecule has 1 saturated carbocycles. The van der Waals surface area contributed by atoms with Gasteiger partial charge in [0, 0.05) is 25.1 Å². The van der Waals surface area contributed by atoms with E-state index >= 15 is 0 Å². The van der Waals surface area contributed by atoms with E-state index in [2.05, 4.69) is 20.7 Å². The van der Waals surface area contributed by atoms with Crippen molar-refractivity contribution >= 4 is 29.1 Å². The summed E-state index contributed by atoms with van der Waals surface area (Å²) >= 11 is 6.32. The molecule has 2 aromatic carbocycles. The molecule has 0 atom stereocenters. The van der Waals surface area contributed by atoms with Gasteiger partial charge >= 0.3 is 0 Å². The second-order valence-corrected chi connectivity index (χ2v) is 7.72. The molecule has 1 aliphatic rings. The minimum absolute atomic E-state index is 0.107. The van der Waals surface area contributed by atoms with E-state index in [1.165, 1.54) is 6.92 Å². The van der Waals surface area contributed by atoms with Crippen LogP contribution < -0.4 is 10.6 Å². The Kier molecular flexibility index (Phi) is 5.81. The highest BCUT2D eigenvalue weighted by Gasteiger charge is 2.32. The zero-order chi connectivity index (χ0) is 21.1. The average Bonchev–Trinajstić information content (AvgIpc) is 3.48. The van der Waals surface area contributed by atoms with Crippen LogP contribution in [0.25, 0.3) is 5.69 Å². The highest BCUT2D eigenvalue weighted by Crippen LogP contribution is 2.40. The van der Waals surface area contributed by atoms with Gasteiger partial charge in [-0.25, -0.2) is 9.67 Å². The molecule has 2 N–H and O–H groups in total. The van der Waals surface area contributed by atoms with E-state index in [1.807, 2.05) is 42.5 Å².